The zero-order valence-corrected chi connectivity index (χ0v) is 17.4. The molecule has 9 nitrogen and oxygen atoms in total. The molecule has 0 saturated heterocycles. The first kappa shape index (κ1) is 25.5. The number of nitrogens with two attached hydrogens (primary N) is 1. The number of aliphatic hydroxyl groups excluding tert-OH is 1. The van der Waals surface area contributed by atoms with Crippen molar-refractivity contribution in [2.45, 2.75) is 11.5 Å². The number of anilines is 1. The largest absolute Gasteiger partial charge is 0.400 e. The number of nitro benzene ring substituents is 1. The van der Waals surface area contributed by atoms with Crippen LogP contribution in [0.25, 0.3) is 0 Å². The Morgan fingerprint density at radius 3 is 1.68 bits per heavy atom. The molecule has 0 amide bonds. The molecule has 0 aliphatic carbocycles. The zero-order chi connectivity index (χ0) is 22.0. The number of hydrogen-bond donors (Lipinski definition) is 2. The summed E-state index contributed by atoms with van der Waals surface area (Å²) < 4.78 is 43.7. The minimum absolute atomic E-state index is 0.0136. The Kier molecular flexibility index (Phi) is 10.4. The highest BCUT2D eigenvalue weighted by atomic mass is 32.2. The molecule has 156 valence electrons. The van der Waals surface area contributed by atoms with E-state index in [1.54, 1.807) is 30.3 Å². The van der Waals surface area contributed by atoms with Gasteiger partial charge in [-0.25, -0.2) is 16.8 Å². The van der Waals surface area contributed by atoms with Crippen LogP contribution in [0.1, 0.15) is 11.1 Å². The number of nitrogens with zero attached hydrogens (tertiary/aromatic N) is 1. The molecule has 2 aromatic carbocycles. The van der Waals surface area contributed by atoms with Gasteiger partial charge in [-0.05, 0) is 11.6 Å². The number of hydrogen-bond acceptors (Lipinski definition) is 8. The lowest BCUT2D eigenvalue weighted by molar-refractivity contribution is -0.385. The van der Waals surface area contributed by atoms with Crippen LogP contribution >= 0.6 is 0 Å². The fourth-order valence-electron chi connectivity index (χ4n) is 2.04. The second-order valence-electron chi connectivity index (χ2n) is 5.72. The molecule has 0 atom stereocenters. The van der Waals surface area contributed by atoms with Gasteiger partial charge in [-0.1, -0.05) is 36.4 Å². The molecule has 0 aliphatic rings. The number of benzene rings is 2. The van der Waals surface area contributed by atoms with Gasteiger partial charge in [-0.15, -0.1) is 0 Å². The first-order chi connectivity index (χ1) is 12.9. The van der Waals surface area contributed by atoms with Crippen molar-refractivity contribution in [1.82, 2.24) is 0 Å². The highest BCUT2D eigenvalue weighted by molar-refractivity contribution is 7.90. The van der Waals surface area contributed by atoms with Crippen LogP contribution in [0.15, 0.2) is 48.5 Å². The second kappa shape index (κ2) is 11.4. The first-order valence-electron chi connectivity index (χ1n) is 7.75. The van der Waals surface area contributed by atoms with E-state index in [2.05, 4.69) is 0 Å². The summed E-state index contributed by atoms with van der Waals surface area (Å²) in [5.74, 6) is -0.288. The van der Waals surface area contributed by atoms with Crippen molar-refractivity contribution in [3.8, 4) is 0 Å². The molecule has 3 N–H and O–H groups in total. The van der Waals surface area contributed by atoms with Gasteiger partial charge in [-0.3, -0.25) is 10.1 Å². The molecule has 0 aliphatic heterocycles. The van der Waals surface area contributed by atoms with E-state index in [-0.39, 0.29) is 22.8 Å². The van der Waals surface area contributed by atoms with Crippen molar-refractivity contribution in [3.63, 3.8) is 0 Å². The van der Waals surface area contributed by atoms with Gasteiger partial charge in [0.25, 0.3) is 5.69 Å². The quantitative estimate of drug-likeness (QED) is 0.409. The summed E-state index contributed by atoms with van der Waals surface area (Å²) in [6, 6.07) is 12.8. The van der Waals surface area contributed by atoms with E-state index < -0.39 is 24.6 Å². The molecule has 28 heavy (non-hydrogen) atoms. The molecular formula is C17H24N2O7S2. The standard InChI is InChI=1S/C8H9NO4S.C8H11NO2S.CH4O/c1-14(12,13)6-7-4-2-3-5-8(7)9(10)11;1-12(10,11)6-7-4-2-3-5-8(7)9;1-2/h2-5H,6H2,1H3;2-5H,6,9H2,1H3;2H,1H3. The summed E-state index contributed by atoms with van der Waals surface area (Å²) in [5, 5.41) is 17.5. The molecule has 11 heteroatoms. The summed E-state index contributed by atoms with van der Waals surface area (Å²) in [4.78, 5) is 9.94. The predicted octanol–water partition coefficient (Wildman–Crippen LogP) is 1.56. The van der Waals surface area contributed by atoms with Gasteiger partial charge in [0.1, 0.15) is 0 Å². The molecule has 0 fully saturated rings. The van der Waals surface area contributed by atoms with Crippen LogP contribution in [0.3, 0.4) is 0 Å². The Hall–Kier alpha value is -2.50. The van der Waals surface area contributed by atoms with E-state index in [1.165, 1.54) is 24.5 Å². The maximum Gasteiger partial charge on any atom is 0.273 e. The SMILES string of the molecule is CO.CS(=O)(=O)Cc1ccccc1N.CS(=O)(=O)Cc1ccccc1[N+](=O)[O-]. The average Bonchev–Trinajstić information content (AvgIpc) is 2.57. The number of rotatable bonds is 5. The molecule has 0 spiro atoms. The molecule has 0 bridgehead atoms. The van der Waals surface area contributed by atoms with Gasteiger partial charge >= 0.3 is 0 Å². The van der Waals surface area contributed by atoms with Gasteiger partial charge in [0.2, 0.25) is 0 Å². The summed E-state index contributed by atoms with van der Waals surface area (Å²) in [5.41, 5.74) is 6.83. The Morgan fingerprint density at radius 2 is 1.25 bits per heavy atom. The third-order valence-electron chi connectivity index (χ3n) is 3.08. The molecule has 0 aromatic heterocycles. The van der Waals surface area contributed by atoms with Gasteiger partial charge < -0.3 is 10.8 Å². The topological polar surface area (TPSA) is 158 Å². The maximum absolute atomic E-state index is 11.0. The van der Waals surface area contributed by atoms with Gasteiger partial charge in [0.15, 0.2) is 19.7 Å². The fraction of sp³-hybridized carbons (Fsp3) is 0.294. The summed E-state index contributed by atoms with van der Waals surface area (Å²) in [6.07, 6.45) is 2.24. The molecule has 0 unspecified atom stereocenters. The van der Waals surface area contributed by atoms with Crippen molar-refractivity contribution < 1.29 is 26.9 Å². The van der Waals surface area contributed by atoms with Crippen LogP contribution in [-0.2, 0) is 31.2 Å². The van der Waals surface area contributed by atoms with Crippen LogP contribution in [0, 0.1) is 10.1 Å². The Bertz CT molecular complexity index is 988. The van der Waals surface area contributed by atoms with E-state index in [9.17, 15) is 26.9 Å². The van der Waals surface area contributed by atoms with Crippen molar-refractivity contribution in [1.29, 1.82) is 0 Å². The minimum atomic E-state index is -3.24. The highest BCUT2D eigenvalue weighted by Gasteiger charge is 2.16. The van der Waals surface area contributed by atoms with Crippen molar-refractivity contribution in [3.05, 3.63) is 69.8 Å². The van der Waals surface area contributed by atoms with Crippen LogP contribution in [0.2, 0.25) is 0 Å². The van der Waals surface area contributed by atoms with Crippen LogP contribution in [-0.4, -0.2) is 46.5 Å². The van der Waals surface area contributed by atoms with Gasteiger partial charge in [-0.2, -0.15) is 0 Å². The maximum atomic E-state index is 11.0. The molecule has 0 heterocycles. The Balaban J connectivity index is 0.000000483. The molecule has 0 saturated carbocycles. The average molecular weight is 433 g/mol. The van der Waals surface area contributed by atoms with E-state index in [4.69, 9.17) is 10.8 Å². The molecule has 0 radical (unpaired) electrons. The van der Waals surface area contributed by atoms with Gasteiger partial charge in [0.05, 0.1) is 16.4 Å². The Labute approximate surface area is 164 Å². The van der Waals surface area contributed by atoms with Crippen LogP contribution < -0.4 is 5.73 Å². The number of sulfone groups is 2. The van der Waals surface area contributed by atoms with Crippen molar-refractivity contribution in [2.75, 3.05) is 25.4 Å². The van der Waals surface area contributed by atoms with E-state index in [1.807, 2.05) is 0 Å². The molecule has 2 rings (SSSR count). The third-order valence-corrected chi connectivity index (χ3v) is 4.75. The Morgan fingerprint density at radius 1 is 0.857 bits per heavy atom. The number of nitro groups is 1. The summed E-state index contributed by atoms with van der Waals surface area (Å²) >= 11 is 0. The summed E-state index contributed by atoms with van der Waals surface area (Å²) in [6.45, 7) is 0. The van der Waals surface area contributed by atoms with E-state index in [0.29, 0.717) is 11.3 Å². The lowest BCUT2D eigenvalue weighted by atomic mass is 10.2. The normalized spacial score (nSPS) is 10.7. The van der Waals surface area contributed by atoms with Crippen LogP contribution in [0.4, 0.5) is 11.4 Å². The minimum Gasteiger partial charge on any atom is -0.400 e. The molecule has 2 aromatic rings. The number of nitrogen functional groups attached to an aromatic ring is 1. The van der Waals surface area contributed by atoms with E-state index in [0.717, 1.165) is 13.4 Å². The monoisotopic (exact) mass is 432 g/mol. The second-order valence-corrected chi connectivity index (χ2v) is 10.0. The first-order valence-corrected chi connectivity index (χ1v) is 11.9. The van der Waals surface area contributed by atoms with E-state index >= 15 is 0 Å². The third kappa shape index (κ3) is 10.6. The fourth-order valence-corrected chi connectivity index (χ4v) is 3.68. The zero-order valence-electron chi connectivity index (χ0n) is 15.8. The number of aliphatic hydroxyl groups is 1. The van der Waals surface area contributed by atoms with Crippen LogP contribution in [0.5, 0.6) is 0 Å². The number of para-hydroxylation sites is 2. The molecular weight excluding hydrogens is 408 g/mol. The highest BCUT2D eigenvalue weighted by Crippen LogP contribution is 2.19. The smallest absolute Gasteiger partial charge is 0.273 e. The van der Waals surface area contributed by atoms with Crippen molar-refractivity contribution >= 4 is 31.0 Å². The summed E-state index contributed by atoms with van der Waals surface area (Å²) in [7, 11) is -5.22. The lowest BCUT2D eigenvalue weighted by Gasteiger charge is -2.02. The van der Waals surface area contributed by atoms with Gasteiger partial charge in [0, 0.05) is 36.9 Å². The lowest BCUT2D eigenvalue weighted by Crippen LogP contribution is -2.03. The predicted molar refractivity (Wildman–Crippen MR) is 109 cm³/mol. The van der Waals surface area contributed by atoms with Crippen molar-refractivity contribution in [2.24, 2.45) is 0 Å².